The highest BCUT2D eigenvalue weighted by molar-refractivity contribution is 5.74. The fraction of sp³-hybridized carbons (Fsp3) is 0. The highest BCUT2D eigenvalue weighted by Crippen LogP contribution is 2.18. The minimum Gasteiger partial charge on any atom is -0.405 e. The molecular formula is C12H11N5. The molecule has 0 atom stereocenters. The fourth-order valence-electron chi connectivity index (χ4n) is 1.26. The quantitative estimate of drug-likeness (QED) is 0.807. The number of benzene rings is 1. The van der Waals surface area contributed by atoms with E-state index in [-0.39, 0.29) is 0 Å². The second-order valence-corrected chi connectivity index (χ2v) is 3.17. The van der Waals surface area contributed by atoms with Crippen molar-refractivity contribution in [3.8, 4) is 11.4 Å². The summed E-state index contributed by atoms with van der Waals surface area (Å²) >= 11 is 0. The minimum atomic E-state index is 0.650. The Balaban J connectivity index is 2.19. The molecule has 5 heteroatoms. The third-order valence-corrected chi connectivity index (χ3v) is 2.04. The number of rotatable bonds is 3. The largest absolute Gasteiger partial charge is 0.405 e. The van der Waals surface area contributed by atoms with E-state index in [9.17, 15) is 0 Å². The number of hydrogen-bond acceptors (Lipinski definition) is 5. The predicted molar refractivity (Wildman–Crippen MR) is 66.7 cm³/mol. The third kappa shape index (κ3) is 2.94. The summed E-state index contributed by atoms with van der Waals surface area (Å²) in [6.45, 7) is 0. The van der Waals surface area contributed by atoms with Gasteiger partial charge in [-0.05, 0) is 36.5 Å². The van der Waals surface area contributed by atoms with Crippen LogP contribution < -0.4 is 5.73 Å². The molecule has 2 aromatic rings. The van der Waals surface area contributed by atoms with Gasteiger partial charge in [0.1, 0.15) is 12.7 Å². The molecule has 84 valence electrons. The number of nitrogens with two attached hydrogens (primary N) is 1. The van der Waals surface area contributed by atoms with Crippen molar-refractivity contribution in [3.63, 3.8) is 0 Å². The van der Waals surface area contributed by atoms with Gasteiger partial charge in [-0.2, -0.15) is 0 Å². The van der Waals surface area contributed by atoms with E-state index in [1.165, 1.54) is 18.9 Å². The lowest BCUT2D eigenvalue weighted by Gasteiger charge is -1.98. The van der Waals surface area contributed by atoms with Gasteiger partial charge in [-0.25, -0.2) is 15.0 Å². The Kier molecular flexibility index (Phi) is 3.54. The van der Waals surface area contributed by atoms with Crippen molar-refractivity contribution in [2.45, 2.75) is 0 Å². The van der Waals surface area contributed by atoms with Gasteiger partial charge in [0.2, 0.25) is 0 Å². The lowest BCUT2D eigenvalue weighted by Crippen LogP contribution is -1.88. The number of hydrogen-bond donors (Lipinski definition) is 1. The van der Waals surface area contributed by atoms with E-state index < -0.39 is 0 Å². The number of nitrogens with zero attached hydrogens (tertiary/aromatic N) is 4. The second kappa shape index (κ2) is 5.50. The standard InChI is InChI=1S/C12H11N5/c13-6-1-7-15-11-4-2-10(3-5-11)12-16-8-14-9-17-12/h1-9H,13H2. The Labute approximate surface area is 98.8 Å². The molecule has 0 aliphatic rings. The van der Waals surface area contributed by atoms with Crippen LogP contribution in [0.4, 0.5) is 5.69 Å². The van der Waals surface area contributed by atoms with Crippen LogP contribution in [-0.2, 0) is 0 Å². The van der Waals surface area contributed by atoms with Crippen LogP contribution in [0.3, 0.4) is 0 Å². The average molecular weight is 225 g/mol. The minimum absolute atomic E-state index is 0.650. The van der Waals surface area contributed by atoms with Gasteiger partial charge in [0.15, 0.2) is 5.82 Å². The molecule has 1 heterocycles. The normalized spacial score (nSPS) is 11.3. The first-order valence-corrected chi connectivity index (χ1v) is 5.03. The predicted octanol–water partition coefficient (Wildman–Crippen LogP) is 1.71. The molecule has 0 radical (unpaired) electrons. The molecule has 0 saturated heterocycles. The van der Waals surface area contributed by atoms with E-state index in [1.807, 2.05) is 24.3 Å². The van der Waals surface area contributed by atoms with Gasteiger partial charge in [-0.3, -0.25) is 4.99 Å². The molecule has 0 fully saturated rings. The maximum absolute atomic E-state index is 5.20. The average Bonchev–Trinajstić information content (AvgIpc) is 2.41. The molecule has 0 aliphatic heterocycles. The molecule has 5 nitrogen and oxygen atoms in total. The number of aromatic nitrogens is 3. The topological polar surface area (TPSA) is 77.0 Å². The van der Waals surface area contributed by atoms with Gasteiger partial charge < -0.3 is 5.73 Å². The first kappa shape index (κ1) is 10.9. The van der Waals surface area contributed by atoms with Crippen LogP contribution in [0.5, 0.6) is 0 Å². The van der Waals surface area contributed by atoms with E-state index in [4.69, 9.17) is 5.73 Å². The van der Waals surface area contributed by atoms with Crippen molar-refractivity contribution >= 4 is 11.9 Å². The molecule has 1 aromatic carbocycles. The Hall–Kier alpha value is -2.56. The first-order valence-electron chi connectivity index (χ1n) is 5.03. The van der Waals surface area contributed by atoms with Crippen molar-refractivity contribution in [2.24, 2.45) is 10.7 Å². The van der Waals surface area contributed by atoms with Gasteiger partial charge in [-0.1, -0.05) is 0 Å². The van der Waals surface area contributed by atoms with Gasteiger partial charge in [-0.15, -0.1) is 0 Å². The van der Waals surface area contributed by atoms with E-state index in [0.29, 0.717) is 5.82 Å². The molecule has 0 unspecified atom stereocenters. The van der Waals surface area contributed by atoms with Crippen LogP contribution in [0, 0.1) is 0 Å². The highest BCUT2D eigenvalue weighted by Gasteiger charge is 1.98. The van der Waals surface area contributed by atoms with Crippen LogP contribution in [0.2, 0.25) is 0 Å². The van der Waals surface area contributed by atoms with Gasteiger partial charge in [0, 0.05) is 11.8 Å². The second-order valence-electron chi connectivity index (χ2n) is 3.17. The first-order chi connectivity index (χ1) is 8.40. The zero-order valence-electron chi connectivity index (χ0n) is 9.06. The molecule has 2 rings (SSSR count). The Morgan fingerprint density at radius 2 is 1.76 bits per heavy atom. The van der Waals surface area contributed by atoms with Crippen LogP contribution in [-0.4, -0.2) is 21.2 Å². The Morgan fingerprint density at radius 1 is 1.06 bits per heavy atom. The lowest BCUT2D eigenvalue weighted by molar-refractivity contribution is 1.06. The van der Waals surface area contributed by atoms with Crippen molar-refractivity contribution in [3.05, 3.63) is 49.2 Å². The lowest BCUT2D eigenvalue weighted by atomic mass is 10.2. The smallest absolute Gasteiger partial charge is 0.162 e. The summed E-state index contributed by atoms with van der Waals surface area (Å²) in [5.74, 6) is 0.650. The maximum Gasteiger partial charge on any atom is 0.162 e. The van der Waals surface area contributed by atoms with E-state index in [0.717, 1.165) is 11.3 Å². The summed E-state index contributed by atoms with van der Waals surface area (Å²) < 4.78 is 0. The summed E-state index contributed by atoms with van der Waals surface area (Å²) in [5.41, 5.74) is 6.98. The van der Waals surface area contributed by atoms with Crippen LogP contribution >= 0.6 is 0 Å². The molecule has 2 N–H and O–H groups in total. The van der Waals surface area contributed by atoms with Gasteiger partial charge in [0.05, 0.1) is 5.69 Å². The van der Waals surface area contributed by atoms with Crippen LogP contribution in [0.15, 0.2) is 54.2 Å². The molecule has 0 amide bonds. The zero-order valence-corrected chi connectivity index (χ0v) is 9.06. The molecule has 1 aromatic heterocycles. The Bertz CT molecular complexity index is 516. The fourth-order valence-corrected chi connectivity index (χ4v) is 1.26. The summed E-state index contributed by atoms with van der Waals surface area (Å²) in [6.07, 6.45) is 7.68. The van der Waals surface area contributed by atoms with E-state index >= 15 is 0 Å². The highest BCUT2D eigenvalue weighted by atomic mass is 15.0. The van der Waals surface area contributed by atoms with Crippen LogP contribution in [0.25, 0.3) is 11.4 Å². The van der Waals surface area contributed by atoms with Gasteiger partial charge >= 0.3 is 0 Å². The van der Waals surface area contributed by atoms with Crippen molar-refractivity contribution in [1.82, 2.24) is 15.0 Å². The molecular weight excluding hydrogens is 214 g/mol. The molecule has 0 bridgehead atoms. The van der Waals surface area contributed by atoms with Crippen LogP contribution in [0.1, 0.15) is 0 Å². The molecule has 0 aliphatic carbocycles. The molecule has 0 saturated carbocycles. The van der Waals surface area contributed by atoms with Crippen molar-refractivity contribution in [1.29, 1.82) is 0 Å². The maximum atomic E-state index is 5.20. The summed E-state index contributed by atoms with van der Waals surface area (Å²) in [7, 11) is 0. The van der Waals surface area contributed by atoms with Gasteiger partial charge in [0.25, 0.3) is 0 Å². The monoisotopic (exact) mass is 225 g/mol. The van der Waals surface area contributed by atoms with Crippen molar-refractivity contribution in [2.75, 3.05) is 0 Å². The zero-order chi connectivity index (χ0) is 11.9. The molecule has 0 spiro atoms. The summed E-state index contributed by atoms with van der Waals surface area (Å²) in [6, 6.07) is 7.60. The summed E-state index contributed by atoms with van der Waals surface area (Å²) in [5, 5.41) is 0. The van der Waals surface area contributed by atoms with Crippen molar-refractivity contribution < 1.29 is 0 Å². The molecule has 17 heavy (non-hydrogen) atoms. The third-order valence-electron chi connectivity index (χ3n) is 2.04. The number of allylic oxidation sites excluding steroid dienone is 1. The van der Waals surface area contributed by atoms with E-state index in [1.54, 1.807) is 12.3 Å². The van der Waals surface area contributed by atoms with E-state index in [2.05, 4.69) is 19.9 Å². The number of aliphatic imine (C=N–C) groups is 1. The Morgan fingerprint density at radius 3 is 2.41 bits per heavy atom. The summed E-state index contributed by atoms with van der Waals surface area (Å²) in [4.78, 5) is 16.1. The SMILES string of the molecule is NC=CC=Nc1ccc(-c2ncncn2)cc1.